The van der Waals surface area contributed by atoms with Gasteiger partial charge in [-0.3, -0.25) is 0 Å². The van der Waals surface area contributed by atoms with Gasteiger partial charge in [0.05, 0.1) is 25.9 Å². The average molecular weight is 268 g/mol. The molecule has 102 valence electrons. The number of anilines is 1. The zero-order valence-corrected chi connectivity index (χ0v) is 11.5. The lowest BCUT2D eigenvalue weighted by molar-refractivity contribution is 0.399. The molecule has 0 aromatic heterocycles. The van der Waals surface area contributed by atoms with Gasteiger partial charge >= 0.3 is 0 Å². The highest BCUT2D eigenvalue weighted by Crippen LogP contribution is 2.24. The maximum Gasteiger partial charge on any atom is 0.124 e. The predicted octanol–water partition coefficient (Wildman–Crippen LogP) is 3.19. The number of hydrogen-bond acceptors (Lipinski definition) is 4. The molecule has 0 heterocycles. The molecule has 4 nitrogen and oxygen atoms in total. The molecular weight excluding hydrogens is 252 g/mol. The zero-order valence-electron chi connectivity index (χ0n) is 11.5. The van der Waals surface area contributed by atoms with Crippen molar-refractivity contribution in [3.63, 3.8) is 0 Å². The van der Waals surface area contributed by atoms with Crippen molar-refractivity contribution >= 4 is 5.69 Å². The Bertz CT molecular complexity index is 615. The molecule has 2 aromatic carbocycles. The molecule has 1 N–H and O–H groups in total. The molecule has 2 rings (SSSR count). The molecule has 0 aliphatic rings. The molecule has 0 amide bonds. The van der Waals surface area contributed by atoms with E-state index in [1.54, 1.807) is 26.4 Å². The van der Waals surface area contributed by atoms with E-state index in [2.05, 4.69) is 11.4 Å². The number of nitrogens with one attached hydrogen (secondary N) is 1. The molecule has 0 aliphatic carbocycles. The number of rotatable bonds is 5. The summed E-state index contributed by atoms with van der Waals surface area (Å²) in [5.74, 6) is 1.61. The van der Waals surface area contributed by atoms with Crippen molar-refractivity contribution in [2.45, 2.75) is 6.54 Å². The van der Waals surface area contributed by atoms with Crippen molar-refractivity contribution in [1.29, 1.82) is 5.26 Å². The third kappa shape index (κ3) is 3.21. The van der Waals surface area contributed by atoms with Crippen molar-refractivity contribution in [2.24, 2.45) is 0 Å². The van der Waals surface area contributed by atoms with E-state index in [1.165, 1.54) is 0 Å². The molecule has 20 heavy (non-hydrogen) atoms. The van der Waals surface area contributed by atoms with Gasteiger partial charge in [0.2, 0.25) is 0 Å². The quantitative estimate of drug-likeness (QED) is 0.904. The van der Waals surface area contributed by atoms with Crippen LogP contribution in [0.5, 0.6) is 11.5 Å². The van der Waals surface area contributed by atoms with Gasteiger partial charge in [-0.25, -0.2) is 0 Å². The van der Waals surface area contributed by atoms with Crippen LogP contribution in [0.15, 0.2) is 42.5 Å². The van der Waals surface area contributed by atoms with Gasteiger partial charge in [-0.15, -0.1) is 0 Å². The molecular formula is C16H16N2O2. The first-order valence-electron chi connectivity index (χ1n) is 6.21. The van der Waals surface area contributed by atoms with E-state index in [1.807, 2.05) is 30.3 Å². The second kappa shape index (κ2) is 6.48. The van der Waals surface area contributed by atoms with E-state index < -0.39 is 0 Å². The van der Waals surface area contributed by atoms with Crippen molar-refractivity contribution < 1.29 is 9.47 Å². The van der Waals surface area contributed by atoms with Crippen molar-refractivity contribution in [3.05, 3.63) is 53.6 Å². The van der Waals surface area contributed by atoms with Gasteiger partial charge in [-0.2, -0.15) is 5.26 Å². The summed E-state index contributed by atoms with van der Waals surface area (Å²) in [7, 11) is 3.28. The first-order chi connectivity index (χ1) is 9.76. The topological polar surface area (TPSA) is 54.3 Å². The minimum absolute atomic E-state index is 0.617. The predicted molar refractivity (Wildman–Crippen MR) is 78.0 cm³/mol. The third-order valence-corrected chi connectivity index (χ3v) is 2.98. The highest BCUT2D eigenvalue weighted by molar-refractivity contribution is 5.49. The largest absolute Gasteiger partial charge is 0.497 e. The number of hydrogen-bond donors (Lipinski definition) is 1. The van der Waals surface area contributed by atoms with Crippen molar-refractivity contribution in [3.8, 4) is 17.6 Å². The Balaban J connectivity index is 2.11. The van der Waals surface area contributed by atoms with Crippen LogP contribution in [0.3, 0.4) is 0 Å². The standard InChI is InChI=1S/C16H16N2O2/c1-19-15-7-8-16(20-2)13(9-15)11-18-14-5-3-12(10-17)4-6-14/h3-9,18H,11H2,1-2H3. The first-order valence-corrected chi connectivity index (χ1v) is 6.21. The Kier molecular flexibility index (Phi) is 4.46. The Labute approximate surface area is 118 Å². The molecule has 2 aromatic rings. The second-order valence-corrected chi connectivity index (χ2v) is 4.22. The first kappa shape index (κ1) is 13.8. The van der Waals surface area contributed by atoms with Crippen LogP contribution in [0.2, 0.25) is 0 Å². The van der Waals surface area contributed by atoms with E-state index in [9.17, 15) is 0 Å². The van der Waals surface area contributed by atoms with E-state index in [-0.39, 0.29) is 0 Å². The fourth-order valence-corrected chi connectivity index (χ4v) is 1.88. The second-order valence-electron chi connectivity index (χ2n) is 4.22. The molecule has 0 unspecified atom stereocenters. The summed E-state index contributed by atoms with van der Waals surface area (Å²) in [6.45, 7) is 0.617. The molecule has 0 atom stereocenters. The van der Waals surface area contributed by atoms with E-state index in [4.69, 9.17) is 14.7 Å². The molecule has 4 heteroatoms. The van der Waals surface area contributed by atoms with Crippen LogP contribution in [0, 0.1) is 11.3 Å². The summed E-state index contributed by atoms with van der Waals surface area (Å²) in [4.78, 5) is 0. The number of methoxy groups -OCH3 is 2. The van der Waals surface area contributed by atoms with Gasteiger partial charge in [0.25, 0.3) is 0 Å². The minimum atomic E-state index is 0.617. The summed E-state index contributed by atoms with van der Waals surface area (Å²) < 4.78 is 10.5. The van der Waals surface area contributed by atoms with Crippen LogP contribution in [-0.4, -0.2) is 14.2 Å². The van der Waals surface area contributed by atoms with Gasteiger partial charge in [0.1, 0.15) is 11.5 Å². The highest BCUT2D eigenvalue weighted by atomic mass is 16.5. The van der Waals surface area contributed by atoms with E-state index >= 15 is 0 Å². The van der Waals surface area contributed by atoms with E-state index in [0.29, 0.717) is 12.1 Å². The third-order valence-electron chi connectivity index (χ3n) is 2.98. The molecule has 0 radical (unpaired) electrons. The molecule has 0 saturated carbocycles. The summed E-state index contributed by atoms with van der Waals surface area (Å²) in [6, 6.07) is 15.1. The summed E-state index contributed by atoms with van der Waals surface area (Å²) in [5.41, 5.74) is 2.61. The summed E-state index contributed by atoms with van der Waals surface area (Å²) in [5, 5.41) is 12.1. The van der Waals surface area contributed by atoms with Crippen LogP contribution < -0.4 is 14.8 Å². The van der Waals surface area contributed by atoms with Crippen LogP contribution in [0.1, 0.15) is 11.1 Å². The maximum atomic E-state index is 8.76. The lowest BCUT2D eigenvalue weighted by atomic mass is 10.1. The molecule has 0 aliphatic heterocycles. The number of ether oxygens (including phenoxy) is 2. The van der Waals surface area contributed by atoms with Crippen LogP contribution in [0.25, 0.3) is 0 Å². The van der Waals surface area contributed by atoms with Gasteiger partial charge in [0, 0.05) is 17.8 Å². The Morgan fingerprint density at radius 3 is 2.40 bits per heavy atom. The molecule has 0 saturated heterocycles. The average Bonchev–Trinajstić information content (AvgIpc) is 2.53. The van der Waals surface area contributed by atoms with Gasteiger partial charge in [0.15, 0.2) is 0 Å². The number of nitrogens with zero attached hydrogens (tertiary/aromatic N) is 1. The Morgan fingerprint density at radius 1 is 1.05 bits per heavy atom. The van der Waals surface area contributed by atoms with Crippen LogP contribution in [-0.2, 0) is 6.54 Å². The minimum Gasteiger partial charge on any atom is -0.497 e. The van der Waals surface area contributed by atoms with Crippen molar-refractivity contribution in [1.82, 2.24) is 0 Å². The lowest BCUT2D eigenvalue weighted by Crippen LogP contribution is -2.02. The summed E-state index contributed by atoms with van der Waals surface area (Å²) >= 11 is 0. The maximum absolute atomic E-state index is 8.76. The monoisotopic (exact) mass is 268 g/mol. The molecule has 0 fully saturated rings. The summed E-state index contributed by atoms with van der Waals surface area (Å²) in [6.07, 6.45) is 0. The van der Waals surface area contributed by atoms with Gasteiger partial charge in [-0.1, -0.05) is 0 Å². The number of benzene rings is 2. The van der Waals surface area contributed by atoms with Crippen LogP contribution >= 0.6 is 0 Å². The van der Waals surface area contributed by atoms with Gasteiger partial charge in [-0.05, 0) is 42.5 Å². The zero-order chi connectivity index (χ0) is 14.4. The van der Waals surface area contributed by atoms with Crippen molar-refractivity contribution in [2.75, 3.05) is 19.5 Å². The van der Waals surface area contributed by atoms with Gasteiger partial charge < -0.3 is 14.8 Å². The van der Waals surface area contributed by atoms with Crippen LogP contribution in [0.4, 0.5) is 5.69 Å². The fourth-order valence-electron chi connectivity index (χ4n) is 1.88. The SMILES string of the molecule is COc1ccc(OC)c(CNc2ccc(C#N)cc2)c1. The highest BCUT2D eigenvalue weighted by Gasteiger charge is 2.05. The lowest BCUT2D eigenvalue weighted by Gasteiger charge is -2.12. The smallest absolute Gasteiger partial charge is 0.124 e. The Hall–Kier alpha value is -2.67. The Morgan fingerprint density at radius 2 is 1.80 bits per heavy atom. The normalized spacial score (nSPS) is 9.65. The van der Waals surface area contributed by atoms with E-state index in [0.717, 1.165) is 22.7 Å². The molecule has 0 spiro atoms. The molecule has 0 bridgehead atoms. The fraction of sp³-hybridized carbons (Fsp3) is 0.188. The number of nitriles is 1.